The van der Waals surface area contributed by atoms with Gasteiger partial charge in [-0.2, -0.15) is 0 Å². The van der Waals surface area contributed by atoms with Gasteiger partial charge in [0.2, 0.25) is 0 Å². The molecule has 2 unspecified atom stereocenters. The average Bonchev–Trinajstić information content (AvgIpc) is 2.76. The van der Waals surface area contributed by atoms with Crippen LogP contribution < -0.4 is 5.32 Å². The first-order valence-electron chi connectivity index (χ1n) is 6.42. The van der Waals surface area contributed by atoms with Crippen molar-refractivity contribution in [1.82, 2.24) is 10.3 Å². The van der Waals surface area contributed by atoms with Gasteiger partial charge in [-0.1, -0.05) is 11.6 Å². The van der Waals surface area contributed by atoms with Gasteiger partial charge in [0, 0.05) is 30.9 Å². The molecule has 0 saturated carbocycles. The number of halogens is 1. The quantitative estimate of drug-likeness (QED) is 0.846. The number of carbonyl (C=O) groups is 1. The predicted octanol–water partition coefficient (Wildman–Crippen LogP) is 2.38. The lowest BCUT2D eigenvalue weighted by atomic mass is 9.92. The number of nitrogens with one attached hydrogen (secondary N) is 1. The Labute approximate surface area is 118 Å². The van der Waals surface area contributed by atoms with E-state index in [9.17, 15) is 4.79 Å². The first kappa shape index (κ1) is 14.3. The zero-order valence-electron chi connectivity index (χ0n) is 11.4. The summed E-state index contributed by atoms with van der Waals surface area (Å²) in [6.07, 6.45) is 1.61. The Bertz CT molecular complexity index is 454. The van der Waals surface area contributed by atoms with Crippen molar-refractivity contribution >= 4 is 17.6 Å². The topological polar surface area (TPSA) is 51.2 Å². The van der Waals surface area contributed by atoms with E-state index in [0.29, 0.717) is 11.6 Å². The lowest BCUT2D eigenvalue weighted by Crippen LogP contribution is -2.32. The average molecular weight is 283 g/mol. The zero-order valence-corrected chi connectivity index (χ0v) is 12.2. The molecule has 1 aliphatic rings. The number of carbonyl (C=O) groups excluding carboxylic acids is 1. The Balaban J connectivity index is 2.12. The third kappa shape index (κ3) is 3.67. The van der Waals surface area contributed by atoms with Crippen LogP contribution in [0.5, 0.6) is 0 Å². The maximum Gasteiger partial charge on any atom is 0.311 e. The van der Waals surface area contributed by atoms with E-state index in [1.165, 1.54) is 0 Å². The molecule has 104 valence electrons. The van der Waals surface area contributed by atoms with Crippen molar-refractivity contribution in [2.45, 2.75) is 32.3 Å². The van der Waals surface area contributed by atoms with E-state index in [4.69, 9.17) is 16.3 Å². The molecule has 1 aromatic heterocycles. The fourth-order valence-electron chi connectivity index (χ4n) is 2.22. The molecule has 2 rings (SSSR count). The van der Waals surface area contributed by atoms with E-state index in [-0.39, 0.29) is 17.8 Å². The molecular formula is C14H19ClN2O2. The molecular weight excluding hydrogens is 264 g/mol. The molecule has 1 aliphatic heterocycles. The summed E-state index contributed by atoms with van der Waals surface area (Å²) in [6.45, 7) is 7.00. The Morgan fingerprint density at radius 3 is 2.74 bits per heavy atom. The van der Waals surface area contributed by atoms with E-state index in [0.717, 1.165) is 12.2 Å². The van der Waals surface area contributed by atoms with E-state index in [1.807, 2.05) is 26.8 Å². The van der Waals surface area contributed by atoms with Gasteiger partial charge in [0.05, 0.1) is 10.9 Å². The van der Waals surface area contributed by atoms with Crippen molar-refractivity contribution in [2.75, 3.05) is 13.1 Å². The Kier molecular flexibility index (Phi) is 4.11. The van der Waals surface area contributed by atoms with Gasteiger partial charge in [0.15, 0.2) is 0 Å². The molecule has 0 bridgehead atoms. The highest BCUT2D eigenvalue weighted by Crippen LogP contribution is 2.29. The molecule has 0 amide bonds. The zero-order chi connectivity index (χ0) is 14.0. The van der Waals surface area contributed by atoms with Crippen molar-refractivity contribution in [3.8, 4) is 0 Å². The van der Waals surface area contributed by atoms with Crippen LogP contribution in [0.4, 0.5) is 0 Å². The minimum absolute atomic E-state index is 0.0483. The highest BCUT2D eigenvalue weighted by Gasteiger charge is 2.37. The normalized spacial score (nSPS) is 23.4. The second kappa shape index (κ2) is 5.47. The molecule has 5 heteroatoms. The summed E-state index contributed by atoms with van der Waals surface area (Å²) in [5.74, 6) is -0.306. The maximum atomic E-state index is 12.2. The van der Waals surface area contributed by atoms with Gasteiger partial charge in [-0.15, -0.1) is 0 Å². The number of esters is 1. The molecule has 0 spiro atoms. The smallest absolute Gasteiger partial charge is 0.311 e. The third-order valence-corrected chi connectivity index (χ3v) is 3.28. The predicted molar refractivity (Wildman–Crippen MR) is 74.2 cm³/mol. The Morgan fingerprint density at radius 1 is 1.42 bits per heavy atom. The second-order valence-corrected chi connectivity index (χ2v) is 6.24. The number of hydrogen-bond donors (Lipinski definition) is 1. The monoisotopic (exact) mass is 282 g/mol. The van der Waals surface area contributed by atoms with Crippen LogP contribution in [0.25, 0.3) is 0 Å². The fourth-order valence-corrected chi connectivity index (χ4v) is 2.33. The fraction of sp³-hybridized carbons (Fsp3) is 0.571. The third-order valence-electron chi connectivity index (χ3n) is 3.05. The van der Waals surface area contributed by atoms with E-state index >= 15 is 0 Å². The standard InChI is InChI=1S/C14H19ClN2O2/c1-14(2,3)19-13(18)11-8-16-7-10(11)12-5-4-9(15)6-17-12/h4-6,10-11,16H,7-8H2,1-3H3. The molecule has 1 saturated heterocycles. The SMILES string of the molecule is CC(C)(C)OC(=O)C1CNCC1c1ccc(Cl)cn1. The summed E-state index contributed by atoms with van der Waals surface area (Å²) in [4.78, 5) is 16.5. The highest BCUT2D eigenvalue weighted by atomic mass is 35.5. The van der Waals surface area contributed by atoms with Crippen LogP contribution >= 0.6 is 11.6 Å². The molecule has 0 radical (unpaired) electrons. The number of hydrogen-bond acceptors (Lipinski definition) is 4. The largest absolute Gasteiger partial charge is 0.460 e. The summed E-state index contributed by atoms with van der Waals surface area (Å²) >= 11 is 5.83. The van der Waals surface area contributed by atoms with E-state index in [2.05, 4.69) is 10.3 Å². The first-order valence-corrected chi connectivity index (χ1v) is 6.79. The van der Waals surface area contributed by atoms with Crippen molar-refractivity contribution in [3.63, 3.8) is 0 Å². The van der Waals surface area contributed by atoms with Gasteiger partial charge in [-0.3, -0.25) is 9.78 Å². The summed E-state index contributed by atoms with van der Waals surface area (Å²) in [5, 5.41) is 3.83. The van der Waals surface area contributed by atoms with Gasteiger partial charge in [-0.25, -0.2) is 0 Å². The Hall–Kier alpha value is -1.13. The molecule has 1 N–H and O–H groups in total. The second-order valence-electron chi connectivity index (χ2n) is 5.81. The number of ether oxygens (including phenoxy) is 1. The minimum atomic E-state index is -0.461. The van der Waals surface area contributed by atoms with Crippen LogP contribution in [0.1, 0.15) is 32.4 Å². The number of rotatable bonds is 2. The lowest BCUT2D eigenvalue weighted by Gasteiger charge is -2.24. The summed E-state index contributed by atoms with van der Waals surface area (Å²) in [5.41, 5.74) is 0.419. The van der Waals surface area contributed by atoms with Gasteiger partial charge >= 0.3 is 5.97 Å². The van der Waals surface area contributed by atoms with E-state index < -0.39 is 5.60 Å². The van der Waals surface area contributed by atoms with Crippen molar-refractivity contribution < 1.29 is 9.53 Å². The number of aromatic nitrogens is 1. The molecule has 19 heavy (non-hydrogen) atoms. The van der Waals surface area contributed by atoms with Gasteiger partial charge in [-0.05, 0) is 32.9 Å². The van der Waals surface area contributed by atoms with Crippen LogP contribution in [0.2, 0.25) is 5.02 Å². The molecule has 2 heterocycles. The molecule has 4 nitrogen and oxygen atoms in total. The van der Waals surface area contributed by atoms with Crippen LogP contribution in [0.3, 0.4) is 0 Å². The van der Waals surface area contributed by atoms with Crippen LogP contribution in [-0.2, 0) is 9.53 Å². The van der Waals surface area contributed by atoms with Crippen LogP contribution in [0, 0.1) is 5.92 Å². The van der Waals surface area contributed by atoms with Crippen molar-refractivity contribution in [1.29, 1.82) is 0 Å². The van der Waals surface area contributed by atoms with Gasteiger partial charge in [0.25, 0.3) is 0 Å². The van der Waals surface area contributed by atoms with Gasteiger partial charge < -0.3 is 10.1 Å². The van der Waals surface area contributed by atoms with Crippen LogP contribution in [0.15, 0.2) is 18.3 Å². The van der Waals surface area contributed by atoms with Gasteiger partial charge in [0.1, 0.15) is 5.60 Å². The molecule has 1 aromatic rings. The van der Waals surface area contributed by atoms with Crippen molar-refractivity contribution in [3.05, 3.63) is 29.0 Å². The van der Waals surface area contributed by atoms with E-state index in [1.54, 1.807) is 12.3 Å². The van der Waals surface area contributed by atoms with Crippen molar-refractivity contribution in [2.24, 2.45) is 5.92 Å². The van der Waals surface area contributed by atoms with Crippen LogP contribution in [-0.4, -0.2) is 29.6 Å². The number of pyridine rings is 1. The number of nitrogens with zero attached hydrogens (tertiary/aromatic N) is 1. The minimum Gasteiger partial charge on any atom is -0.460 e. The summed E-state index contributed by atoms with van der Waals surface area (Å²) in [6, 6.07) is 3.67. The highest BCUT2D eigenvalue weighted by molar-refractivity contribution is 6.30. The lowest BCUT2D eigenvalue weighted by molar-refractivity contribution is -0.159. The molecule has 1 fully saturated rings. The Morgan fingerprint density at radius 2 is 2.16 bits per heavy atom. The summed E-state index contributed by atoms with van der Waals surface area (Å²) < 4.78 is 5.46. The molecule has 0 aliphatic carbocycles. The molecule has 2 atom stereocenters. The molecule has 0 aromatic carbocycles. The maximum absolute atomic E-state index is 12.2. The summed E-state index contributed by atoms with van der Waals surface area (Å²) in [7, 11) is 0. The first-order chi connectivity index (χ1) is 8.87.